The lowest BCUT2D eigenvalue weighted by Gasteiger charge is -2.16. The Morgan fingerprint density at radius 3 is 2.29 bits per heavy atom. The molecule has 0 saturated heterocycles. The van der Waals surface area contributed by atoms with Gasteiger partial charge in [-0.15, -0.1) is 0 Å². The number of rotatable bonds is 9. The van der Waals surface area contributed by atoms with Crippen LogP contribution in [0.1, 0.15) is 26.3 Å². The van der Waals surface area contributed by atoms with Gasteiger partial charge in [0.15, 0.2) is 0 Å². The van der Waals surface area contributed by atoms with Crippen LogP contribution in [0.15, 0.2) is 60.7 Å². The molecule has 0 unspecified atom stereocenters. The highest BCUT2D eigenvalue weighted by Gasteiger charge is 2.16. The number of hydrogen-bond acceptors (Lipinski definition) is 6. The summed E-state index contributed by atoms with van der Waals surface area (Å²) in [6.45, 7) is 3.06. The molecule has 0 aliphatic carbocycles. The zero-order chi connectivity index (χ0) is 24.7. The van der Waals surface area contributed by atoms with Gasteiger partial charge in [-0.3, -0.25) is 4.79 Å². The smallest absolute Gasteiger partial charge is 0.337 e. The molecule has 3 rings (SSSR count). The molecule has 7 nitrogen and oxygen atoms in total. The fourth-order valence-corrected chi connectivity index (χ4v) is 3.44. The monoisotopic (exact) mass is 462 g/mol. The largest absolute Gasteiger partial charge is 0.497 e. The Hall–Kier alpha value is -3.84. The van der Waals surface area contributed by atoms with Crippen LogP contribution in [0.3, 0.4) is 0 Å². The fraction of sp³-hybridized carbons (Fsp3) is 0.259. The van der Waals surface area contributed by atoms with Crippen LogP contribution in [0, 0.1) is 6.92 Å². The van der Waals surface area contributed by atoms with E-state index >= 15 is 0 Å². The number of likely N-dealkylation sites (N-methyl/N-ethyl adjacent to an activating group) is 1. The molecule has 0 heterocycles. The van der Waals surface area contributed by atoms with Gasteiger partial charge in [-0.1, -0.05) is 12.1 Å². The van der Waals surface area contributed by atoms with Crippen LogP contribution in [0.2, 0.25) is 0 Å². The van der Waals surface area contributed by atoms with E-state index in [2.05, 4.69) is 5.32 Å². The normalized spacial score (nSPS) is 10.6. The summed E-state index contributed by atoms with van der Waals surface area (Å²) in [6.07, 6.45) is 0. The first kappa shape index (κ1) is 24.8. The summed E-state index contributed by atoms with van der Waals surface area (Å²) in [4.78, 5) is 26.9. The Kier molecular flexibility index (Phi) is 8.27. The Morgan fingerprint density at radius 2 is 1.68 bits per heavy atom. The number of carbonyl (C=O) groups is 2. The number of methoxy groups -OCH3 is 2. The molecule has 3 aromatic carbocycles. The summed E-state index contributed by atoms with van der Waals surface area (Å²) in [7, 11) is 6.88. The van der Waals surface area contributed by atoms with Crippen LogP contribution >= 0.6 is 0 Å². The number of benzene rings is 3. The maximum Gasteiger partial charge on any atom is 0.337 e. The lowest BCUT2D eigenvalue weighted by Crippen LogP contribution is -2.21. The number of carbonyl (C=O) groups excluding carboxylic acids is 2. The van der Waals surface area contributed by atoms with Crippen molar-refractivity contribution in [1.29, 1.82) is 0 Å². The van der Waals surface area contributed by atoms with Crippen molar-refractivity contribution in [2.24, 2.45) is 0 Å². The lowest BCUT2D eigenvalue weighted by molar-refractivity contribution is 0.0600. The van der Waals surface area contributed by atoms with Crippen molar-refractivity contribution < 1.29 is 23.8 Å². The molecule has 3 aromatic rings. The molecule has 0 bridgehead atoms. The van der Waals surface area contributed by atoms with Crippen molar-refractivity contribution >= 4 is 17.6 Å². The van der Waals surface area contributed by atoms with Crippen molar-refractivity contribution in [2.75, 3.05) is 46.8 Å². The van der Waals surface area contributed by atoms with Crippen molar-refractivity contribution in [2.45, 2.75) is 6.92 Å². The molecule has 178 valence electrons. The van der Waals surface area contributed by atoms with E-state index in [0.717, 1.165) is 16.7 Å². The number of nitrogens with one attached hydrogen (secondary N) is 1. The van der Waals surface area contributed by atoms with E-state index in [1.54, 1.807) is 49.6 Å². The number of hydrogen-bond donors (Lipinski definition) is 1. The maximum absolute atomic E-state index is 13.1. The molecular formula is C27H30N2O5. The first-order valence-corrected chi connectivity index (χ1v) is 10.9. The van der Waals surface area contributed by atoms with Gasteiger partial charge < -0.3 is 24.4 Å². The Balaban J connectivity index is 1.91. The number of esters is 1. The third kappa shape index (κ3) is 6.14. The van der Waals surface area contributed by atoms with Crippen LogP contribution in [-0.4, -0.2) is 58.2 Å². The van der Waals surface area contributed by atoms with Crippen LogP contribution in [0.4, 0.5) is 5.69 Å². The van der Waals surface area contributed by atoms with E-state index in [4.69, 9.17) is 14.2 Å². The number of anilines is 1. The molecule has 0 atom stereocenters. The molecule has 0 fully saturated rings. The number of amides is 1. The van der Waals surface area contributed by atoms with Crippen molar-refractivity contribution in [1.82, 2.24) is 4.90 Å². The van der Waals surface area contributed by atoms with E-state index in [9.17, 15) is 9.59 Å². The fourth-order valence-electron chi connectivity index (χ4n) is 3.44. The maximum atomic E-state index is 13.1. The third-order valence-corrected chi connectivity index (χ3v) is 5.33. The van der Waals surface area contributed by atoms with Crippen molar-refractivity contribution in [3.63, 3.8) is 0 Å². The van der Waals surface area contributed by atoms with Gasteiger partial charge >= 0.3 is 5.97 Å². The van der Waals surface area contributed by atoms with Gasteiger partial charge in [0.1, 0.15) is 18.1 Å². The molecule has 34 heavy (non-hydrogen) atoms. The average molecular weight is 463 g/mol. The Labute approximate surface area is 200 Å². The molecule has 0 radical (unpaired) electrons. The van der Waals surface area contributed by atoms with Crippen molar-refractivity contribution in [3.8, 4) is 22.6 Å². The van der Waals surface area contributed by atoms with Gasteiger partial charge in [-0.2, -0.15) is 0 Å². The molecular weight excluding hydrogens is 432 g/mol. The summed E-state index contributed by atoms with van der Waals surface area (Å²) >= 11 is 0. The molecule has 7 heteroatoms. The van der Waals surface area contributed by atoms with Gasteiger partial charge in [0.25, 0.3) is 5.91 Å². The third-order valence-electron chi connectivity index (χ3n) is 5.33. The minimum Gasteiger partial charge on any atom is -0.497 e. The van der Waals surface area contributed by atoms with E-state index in [-0.39, 0.29) is 11.9 Å². The summed E-state index contributed by atoms with van der Waals surface area (Å²) < 4.78 is 16.0. The van der Waals surface area contributed by atoms with Gasteiger partial charge in [0.05, 0.1) is 25.3 Å². The molecule has 0 aromatic heterocycles. The quantitative estimate of drug-likeness (QED) is 0.467. The topological polar surface area (TPSA) is 77.1 Å². The van der Waals surface area contributed by atoms with Gasteiger partial charge in [0.2, 0.25) is 0 Å². The highest BCUT2D eigenvalue weighted by Crippen LogP contribution is 2.31. The predicted molar refractivity (Wildman–Crippen MR) is 133 cm³/mol. The number of nitrogens with zero attached hydrogens (tertiary/aromatic N) is 1. The van der Waals surface area contributed by atoms with E-state index in [1.165, 1.54) is 7.11 Å². The second-order valence-corrected chi connectivity index (χ2v) is 8.07. The standard InChI is InChI=1S/C27H30N2O5/c1-18-16-20(27(31)33-5)7-12-23(18)19-6-13-24(25(17-19)34-15-14-29(2)3)26(30)28-21-8-10-22(32-4)11-9-21/h6-13,16-17H,14-15H2,1-5H3,(H,28,30). The second kappa shape index (κ2) is 11.3. The zero-order valence-corrected chi connectivity index (χ0v) is 20.2. The molecule has 0 aliphatic rings. The lowest BCUT2D eigenvalue weighted by atomic mass is 9.97. The van der Waals surface area contributed by atoms with Gasteiger partial charge in [-0.05, 0) is 86.2 Å². The number of ether oxygens (including phenoxy) is 3. The van der Waals surface area contributed by atoms with Crippen LogP contribution in [0.25, 0.3) is 11.1 Å². The van der Waals surface area contributed by atoms with Crippen molar-refractivity contribution in [3.05, 3.63) is 77.4 Å². The predicted octanol–water partition coefficient (Wildman–Crippen LogP) is 4.65. The summed E-state index contributed by atoms with van der Waals surface area (Å²) in [5.41, 5.74) is 4.31. The highest BCUT2D eigenvalue weighted by atomic mass is 16.5. The van der Waals surface area contributed by atoms with E-state index < -0.39 is 0 Å². The summed E-state index contributed by atoms with van der Waals surface area (Å²) in [5.74, 6) is 0.549. The first-order chi connectivity index (χ1) is 16.3. The molecule has 0 spiro atoms. The van der Waals surface area contributed by atoms with Crippen LogP contribution in [-0.2, 0) is 4.74 Å². The van der Waals surface area contributed by atoms with Gasteiger partial charge in [-0.25, -0.2) is 4.79 Å². The first-order valence-electron chi connectivity index (χ1n) is 10.9. The molecule has 0 saturated carbocycles. The molecule has 1 amide bonds. The zero-order valence-electron chi connectivity index (χ0n) is 20.2. The Morgan fingerprint density at radius 1 is 0.941 bits per heavy atom. The Bertz CT molecular complexity index is 1160. The van der Waals surface area contributed by atoms with Crippen LogP contribution in [0.5, 0.6) is 11.5 Å². The van der Waals surface area contributed by atoms with Gasteiger partial charge in [0, 0.05) is 12.2 Å². The second-order valence-electron chi connectivity index (χ2n) is 8.07. The molecule has 0 aliphatic heterocycles. The average Bonchev–Trinajstić information content (AvgIpc) is 2.83. The van der Waals surface area contributed by atoms with E-state index in [1.807, 2.05) is 44.1 Å². The van der Waals surface area contributed by atoms with E-state index in [0.29, 0.717) is 41.5 Å². The number of aryl methyl sites for hydroxylation is 1. The SMILES string of the molecule is COC(=O)c1ccc(-c2ccc(C(=O)Nc3ccc(OC)cc3)c(OCCN(C)C)c2)c(C)c1. The highest BCUT2D eigenvalue weighted by molar-refractivity contribution is 6.06. The minimum absolute atomic E-state index is 0.269. The minimum atomic E-state index is -0.382. The summed E-state index contributed by atoms with van der Waals surface area (Å²) in [5, 5.41) is 2.91. The molecule has 1 N–H and O–H groups in total. The van der Waals surface area contributed by atoms with Crippen LogP contribution < -0.4 is 14.8 Å². The summed E-state index contributed by atoms with van der Waals surface area (Å²) in [6, 6.07) is 18.0.